The molecule has 0 saturated carbocycles. The van der Waals surface area contributed by atoms with Gasteiger partial charge in [0, 0.05) is 26.1 Å². The summed E-state index contributed by atoms with van der Waals surface area (Å²) in [5.74, 6) is -0.858. The van der Waals surface area contributed by atoms with Crippen molar-refractivity contribution in [3.05, 3.63) is 33.8 Å². The van der Waals surface area contributed by atoms with Crippen LogP contribution in [0, 0.1) is 0 Å². The Balaban J connectivity index is 2.10. The number of hydrogen-bond acceptors (Lipinski definition) is 6. The first-order valence-corrected chi connectivity index (χ1v) is 15.0. The van der Waals surface area contributed by atoms with Crippen molar-refractivity contribution in [2.45, 2.75) is 50.9 Å². The van der Waals surface area contributed by atoms with Crippen molar-refractivity contribution < 1.29 is 27.5 Å². The number of rotatable bonds is 8. The Labute approximate surface area is 175 Å². The fraction of sp³-hybridized carbons (Fsp3) is 0.556. The van der Waals surface area contributed by atoms with Gasteiger partial charge >= 0.3 is 5.97 Å². The Morgan fingerprint density at radius 2 is 2.00 bits per heavy atom. The van der Waals surface area contributed by atoms with Gasteiger partial charge in [-0.15, -0.1) is 0 Å². The largest absolute Gasteiger partial charge is 0.461 e. The molecule has 1 aliphatic heterocycles. The van der Waals surface area contributed by atoms with Crippen LogP contribution in [0.15, 0.2) is 22.7 Å². The maximum atomic E-state index is 12.9. The van der Waals surface area contributed by atoms with Gasteiger partial charge in [-0.2, -0.15) is 0 Å². The van der Waals surface area contributed by atoms with E-state index in [0.717, 1.165) is 15.9 Å². The Bertz CT molecular complexity index is 852. The van der Waals surface area contributed by atoms with Crippen molar-refractivity contribution in [1.82, 2.24) is 4.31 Å². The van der Waals surface area contributed by atoms with Crippen molar-refractivity contribution >= 4 is 45.9 Å². The summed E-state index contributed by atoms with van der Waals surface area (Å²) < 4.78 is 37.6. The summed E-state index contributed by atoms with van der Waals surface area (Å²) in [6.07, 6.45) is -0.123. The van der Waals surface area contributed by atoms with Crippen LogP contribution in [0.1, 0.15) is 29.7 Å². The molecule has 1 heterocycles. The molecule has 10 heteroatoms. The summed E-state index contributed by atoms with van der Waals surface area (Å²) in [6.45, 7) is 8.22. The topological polar surface area (TPSA) is 90.0 Å². The summed E-state index contributed by atoms with van der Waals surface area (Å²) in [4.78, 5) is 23.3. The van der Waals surface area contributed by atoms with E-state index in [1.807, 2.05) is 0 Å². The Kier molecular flexibility index (Phi) is 7.46. The molecular formula is C18H26BrNO6SSi. The molecule has 28 heavy (non-hydrogen) atoms. The molecule has 1 aromatic carbocycles. The Morgan fingerprint density at radius 3 is 2.57 bits per heavy atom. The number of halogens is 1. The second-order valence-corrected chi connectivity index (χ2v) is 16.5. The van der Waals surface area contributed by atoms with Crippen molar-refractivity contribution in [3.63, 3.8) is 0 Å². The third-order valence-electron chi connectivity index (χ3n) is 4.36. The summed E-state index contributed by atoms with van der Waals surface area (Å²) in [6, 6.07) is 5.93. The van der Waals surface area contributed by atoms with Crippen LogP contribution in [-0.4, -0.2) is 46.0 Å². The highest BCUT2D eigenvalue weighted by Gasteiger charge is 2.46. The van der Waals surface area contributed by atoms with Gasteiger partial charge in [-0.25, -0.2) is 12.7 Å². The molecule has 1 atom stereocenters. The lowest BCUT2D eigenvalue weighted by Gasteiger charge is -2.20. The van der Waals surface area contributed by atoms with Crippen molar-refractivity contribution in [2.24, 2.45) is 0 Å². The number of hydrogen-bond donors (Lipinski definition) is 0. The van der Waals surface area contributed by atoms with Gasteiger partial charge in [0.1, 0.15) is 18.6 Å². The highest BCUT2D eigenvalue weighted by atomic mass is 79.9. The van der Waals surface area contributed by atoms with Crippen LogP contribution >= 0.6 is 15.9 Å². The predicted molar refractivity (Wildman–Crippen MR) is 112 cm³/mol. The zero-order valence-corrected chi connectivity index (χ0v) is 19.9. The van der Waals surface area contributed by atoms with E-state index in [-0.39, 0.29) is 19.8 Å². The van der Waals surface area contributed by atoms with Gasteiger partial charge in [-0.1, -0.05) is 47.7 Å². The standard InChI is InChI=1S/C18H26BrNO6SSi/c1-13(21)26-11-14-5-6-15(16(19)9-14)17-10-18(22)20(27(17,23)24)12-25-7-8-28(2,3)4/h5-6,9,17H,7-8,10-12H2,1-4H3. The Hall–Kier alpha value is -1.23. The molecule has 1 aromatic rings. The summed E-state index contributed by atoms with van der Waals surface area (Å²) in [5, 5.41) is -0.960. The van der Waals surface area contributed by atoms with Crippen LogP contribution in [-0.2, 0) is 35.7 Å². The van der Waals surface area contributed by atoms with Gasteiger partial charge < -0.3 is 9.47 Å². The van der Waals surface area contributed by atoms with Crippen molar-refractivity contribution in [1.29, 1.82) is 0 Å². The molecule has 0 N–H and O–H groups in total. The number of esters is 1. The number of carbonyl (C=O) groups is 2. The lowest BCUT2D eigenvalue weighted by Crippen LogP contribution is -2.33. The quantitative estimate of drug-likeness (QED) is 0.314. The molecule has 1 aliphatic rings. The lowest BCUT2D eigenvalue weighted by molar-refractivity contribution is -0.142. The first-order valence-electron chi connectivity index (χ1n) is 8.95. The van der Waals surface area contributed by atoms with Gasteiger partial charge in [-0.3, -0.25) is 9.59 Å². The molecule has 156 valence electrons. The first-order chi connectivity index (χ1) is 12.9. The third-order valence-corrected chi connectivity index (χ3v) is 8.82. The molecule has 0 radical (unpaired) electrons. The van der Waals surface area contributed by atoms with E-state index in [1.54, 1.807) is 18.2 Å². The minimum atomic E-state index is -3.85. The lowest BCUT2D eigenvalue weighted by atomic mass is 10.1. The maximum absolute atomic E-state index is 12.9. The normalized spacial score (nSPS) is 19.1. The van der Waals surface area contributed by atoms with Crippen LogP contribution in [0.2, 0.25) is 25.7 Å². The van der Waals surface area contributed by atoms with E-state index in [9.17, 15) is 18.0 Å². The van der Waals surface area contributed by atoms with E-state index < -0.39 is 35.2 Å². The van der Waals surface area contributed by atoms with E-state index in [4.69, 9.17) is 9.47 Å². The second-order valence-electron chi connectivity index (χ2n) is 7.96. The van der Waals surface area contributed by atoms with E-state index in [2.05, 4.69) is 35.6 Å². The molecule has 1 saturated heterocycles. The number of benzene rings is 1. The molecule has 0 aromatic heterocycles. The number of ether oxygens (including phenoxy) is 2. The van der Waals surface area contributed by atoms with Crippen LogP contribution in [0.25, 0.3) is 0 Å². The van der Waals surface area contributed by atoms with Crippen LogP contribution in [0.5, 0.6) is 0 Å². The van der Waals surface area contributed by atoms with Gasteiger partial charge in [-0.05, 0) is 23.2 Å². The van der Waals surface area contributed by atoms with E-state index in [0.29, 0.717) is 16.6 Å². The highest BCUT2D eigenvalue weighted by molar-refractivity contribution is 9.10. The molecule has 2 rings (SSSR count). The SMILES string of the molecule is CC(=O)OCc1ccc(C2CC(=O)N(COCC[Si](C)(C)C)S2(=O)=O)c(Br)c1. The first kappa shape index (κ1) is 23.0. The molecule has 0 spiro atoms. The average molecular weight is 492 g/mol. The van der Waals surface area contributed by atoms with E-state index in [1.165, 1.54) is 6.92 Å². The number of carbonyl (C=O) groups excluding carboxylic acids is 2. The smallest absolute Gasteiger partial charge is 0.302 e. The van der Waals surface area contributed by atoms with Gasteiger partial charge in [0.25, 0.3) is 0 Å². The zero-order chi connectivity index (χ0) is 21.1. The minimum absolute atomic E-state index is 0.0988. The molecule has 0 aliphatic carbocycles. The maximum Gasteiger partial charge on any atom is 0.302 e. The summed E-state index contributed by atoms with van der Waals surface area (Å²) >= 11 is 3.38. The molecule has 7 nitrogen and oxygen atoms in total. The summed E-state index contributed by atoms with van der Waals surface area (Å²) in [5.41, 5.74) is 1.23. The van der Waals surface area contributed by atoms with E-state index >= 15 is 0 Å². The zero-order valence-electron chi connectivity index (χ0n) is 16.5. The number of amides is 1. The fourth-order valence-corrected chi connectivity index (χ4v) is 6.09. The number of nitrogens with zero attached hydrogens (tertiary/aromatic N) is 1. The molecule has 1 amide bonds. The van der Waals surface area contributed by atoms with Crippen LogP contribution in [0.3, 0.4) is 0 Å². The molecule has 1 unspecified atom stereocenters. The van der Waals surface area contributed by atoms with Crippen molar-refractivity contribution in [3.8, 4) is 0 Å². The monoisotopic (exact) mass is 491 g/mol. The summed E-state index contributed by atoms with van der Waals surface area (Å²) in [7, 11) is -5.15. The van der Waals surface area contributed by atoms with Gasteiger partial charge in [0.05, 0.1) is 6.42 Å². The second kappa shape index (κ2) is 9.06. The van der Waals surface area contributed by atoms with Gasteiger partial charge in [0.2, 0.25) is 15.9 Å². The highest BCUT2D eigenvalue weighted by Crippen LogP contribution is 2.39. The molecule has 0 bridgehead atoms. The van der Waals surface area contributed by atoms with Gasteiger partial charge in [0.15, 0.2) is 0 Å². The Morgan fingerprint density at radius 1 is 1.32 bits per heavy atom. The average Bonchev–Trinajstić information content (AvgIpc) is 2.78. The molecule has 1 fully saturated rings. The fourth-order valence-electron chi connectivity index (χ4n) is 2.71. The van der Waals surface area contributed by atoms with Crippen molar-refractivity contribution in [2.75, 3.05) is 13.3 Å². The predicted octanol–water partition coefficient (Wildman–Crippen LogP) is 3.43. The minimum Gasteiger partial charge on any atom is -0.461 e. The third kappa shape index (κ3) is 5.88. The van der Waals surface area contributed by atoms with Crippen LogP contribution < -0.4 is 0 Å². The number of sulfonamides is 1. The van der Waals surface area contributed by atoms with Crippen LogP contribution in [0.4, 0.5) is 0 Å². The molecular weight excluding hydrogens is 466 g/mol.